The summed E-state index contributed by atoms with van der Waals surface area (Å²) in [6.45, 7) is 7.82. The van der Waals surface area contributed by atoms with Crippen LogP contribution in [0.5, 0.6) is 0 Å². The van der Waals surface area contributed by atoms with E-state index in [1.807, 2.05) is 48.5 Å². The molecule has 306 valence electrons. The minimum Gasteiger partial charge on any atom is -0.444 e. The van der Waals surface area contributed by atoms with E-state index in [0.29, 0.717) is 36.3 Å². The van der Waals surface area contributed by atoms with Gasteiger partial charge in [-0.05, 0) is 88.8 Å². The number of likely N-dealkylation sites (tertiary alicyclic amines) is 1. The number of carbonyl (C=O) groups excluding carboxylic acids is 3. The molecule has 3 aliphatic rings. The number of hydrogen-bond acceptors (Lipinski definition) is 8. The summed E-state index contributed by atoms with van der Waals surface area (Å²) in [5, 5.41) is 29.1. The molecule has 0 bridgehead atoms. The van der Waals surface area contributed by atoms with Crippen molar-refractivity contribution >= 4 is 24.0 Å². The molecule has 1 aromatic heterocycles. The van der Waals surface area contributed by atoms with Crippen molar-refractivity contribution in [3.8, 4) is 11.3 Å². The molecule has 14 heteroatoms. The number of hydrogen-bond donors (Lipinski definition) is 5. The summed E-state index contributed by atoms with van der Waals surface area (Å²) in [5.41, 5.74) is 3.55. The lowest BCUT2D eigenvalue weighted by atomic mass is 9.75. The number of alkyl carbamates (subject to hydrolysis) is 1. The van der Waals surface area contributed by atoms with E-state index in [0.717, 1.165) is 42.5 Å². The molecular weight excluding hydrogens is 739 g/mol. The first-order valence-electron chi connectivity index (χ1n) is 20.2. The van der Waals surface area contributed by atoms with Crippen LogP contribution in [0.4, 0.5) is 9.59 Å². The van der Waals surface area contributed by atoms with Gasteiger partial charge in [-0.25, -0.2) is 9.78 Å². The van der Waals surface area contributed by atoms with Crippen LogP contribution in [0.2, 0.25) is 0 Å². The van der Waals surface area contributed by atoms with Gasteiger partial charge in [0, 0.05) is 22.9 Å². The Balaban J connectivity index is 0.958. The highest BCUT2D eigenvalue weighted by Gasteiger charge is 2.56. The van der Waals surface area contributed by atoms with Crippen molar-refractivity contribution in [1.29, 1.82) is 0 Å². The average Bonchev–Trinajstić information content (AvgIpc) is 3.99. The summed E-state index contributed by atoms with van der Waals surface area (Å²) in [5.74, 6) is 0.450. The average molecular weight is 793 g/mol. The van der Waals surface area contributed by atoms with Crippen molar-refractivity contribution in [2.75, 3.05) is 13.1 Å². The quantitative estimate of drug-likeness (QED) is 0.0589. The van der Waals surface area contributed by atoms with Gasteiger partial charge in [-0.1, -0.05) is 89.9 Å². The fraction of sp³-hybridized carbons (Fsp3) is 0.432. The zero-order valence-electron chi connectivity index (χ0n) is 33.5. The number of benzene rings is 3. The molecule has 3 aromatic carbocycles. The monoisotopic (exact) mass is 792 g/mol. The Kier molecular flexibility index (Phi) is 11.7. The van der Waals surface area contributed by atoms with Crippen molar-refractivity contribution in [1.82, 2.24) is 30.5 Å². The minimum atomic E-state index is -1.42. The van der Waals surface area contributed by atoms with E-state index in [9.17, 15) is 29.5 Å². The first kappa shape index (κ1) is 40.6. The van der Waals surface area contributed by atoms with Crippen molar-refractivity contribution in [3.05, 3.63) is 114 Å². The Hall–Kier alpha value is -5.57. The molecule has 4 amide bonds. The molecule has 1 saturated carbocycles. The van der Waals surface area contributed by atoms with Crippen LogP contribution in [0.25, 0.3) is 11.3 Å². The predicted octanol–water partition coefficient (Wildman–Crippen LogP) is 7.39. The molecule has 3 heterocycles. The highest BCUT2D eigenvalue weighted by Crippen LogP contribution is 2.40. The normalized spacial score (nSPS) is 22.9. The number of nitrogens with one attached hydrogen (secondary N) is 3. The summed E-state index contributed by atoms with van der Waals surface area (Å²) in [6, 6.07) is 23.6. The molecule has 5 unspecified atom stereocenters. The second-order valence-corrected chi connectivity index (χ2v) is 16.7. The number of carbonyl (C=O) groups is 4. The second-order valence-electron chi connectivity index (χ2n) is 16.7. The molecule has 3 fully saturated rings. The lowest BCUT2D eigenvalue weighted by molar-refractivity contribution is -1.15. The maximum absolute atomic E-state index is 14.1. The summed E-state index contributed by atoms with van der Waals surface area (Å²) in [7, 11) is 0. The van der Waals surface area contributed by atoms with Crippen LogP contribution in [0.1, 0.15) is 113 Å². The number of hydroxylamine groups is 2. The van der Waals surface area contributed by atoms with E-state index in [2.05, 4.69) is 27.8 Å². The third kappa shape index (κ3) is 8.50. The van der Waals surface area contributed by atoms with E-state index < -0.39 is 40.7 Å². The SMILES string of the molecule is CC(c1ccccc1)[N+](O)(C(=O)O)N1CCCC1C(=O)NC1CC(c2ccc(-c3cnc(C4CCCN4C(=O)C(NC(=O)OC(C)(C)C)c4ccccc4)[nH]3)cc2)C1. The number of imidazole rings is 1. The molecule has 58 heavy (non-hydrogen) atoms. The van der Waals surface area contributed by atoms with E-state index >= 15 is 0 Å². The van der Waals surface area contributed by atoms with Crippen molar-refractivity contribution in [2.45, 2.75) is 108 Å². The number of aromatic nitrogens is 2. The van der Waals surface area contributed by atoms with Crippen LogP contribution in [0, 0.1) is 0 Å². The fourth-order valence-electron chi connectivity index (χ4n) is 8.55. The van der Waals surface area contributed by atoms with Crippen LogP contribution in [-0.4, -0.2) is 89.7 Å². The topological polar surface area (TPSA) is 177 Å². The molecule has 0 spiro atoms. The smallest absolute Gasteiger partial charge is 0.444 e. The molecule has 5 atom stereocenters. The van der Waals surface area contributed by atoms with Gasteiger partial charge in [0.1, 0.15) is 23.5 Å². The van der Waals surface area contributed by atoms with Gasteiger partial charge in [0.15, 0.2) is 6.04 Å². The number of ether oxygens (including phenoxy) is 1. The third-order valence-electron chi connectivity index (χ3n) is 11.7. The fourth-order valence-corrected chi connectivity index (χ4v) is 8.55. The van der Waals surface area contributed by atoms with Crippen LogP contribution >= 0.6 is 0 Å². The van der Waals surface area contributed by atoms with Gasteiger partial charge in [-0.3, -0.25) is 9.59 Å². The first-order chi connectivity index (χ1) is 27.7. The Bertz CT molecular complexity index is 2080. The van der Waals surface area contributed by atoms with Gasteiger partial charge in [0.2, 0.25) is 5.91 Å². The lowest BCUT2D eigenvalue weighted by Gasteiger charge is -2.40. The molecule has 2 aliphatic heterocycles. The molecule has 14 nitrogen and oxygen atoms in total. The summed E-state index contributed by atoms with van der Waals surface area (Å²) in [6.07, 6.45) is 3.80. The van der Waals surface area contributed by atoms with Gasteiger partial charge < -0.3 is 30.4 Å². The number of carboxylic acid groups (broad SMARTS) is 1. The van der Waals surface area contributed by atoms with E-state index in [4.69, 9.17) is 9.72 Å². The lowest BCUT2D eigenvalue weighted by Crippen LogP contribution is -2.66. The van der Waals surface area contributed by atoms with E-state index in [1.54, 1.807) is 63.1 Å². The van der Waals surface area contributed by atoms with Gasteiger partial charge in [-0.15, -0.1) is 0 Å². The van der Waals surface area contributed by atoms with Gasteiger partial charge in [0.25, 0.3) is 5.91 Å². The van der Waals surface area contributed by atoms with Gasteiger partial charge in [0.05, 0.1) is 24.5 Å². The Morgan fingerprint density at radius 1 is 0.897 bits per heavy atom. The van der Waals surface area contributed by atoms with Gasteiger partial charge in [-0.2, -0.15) is 10.0 Å². The number of amides is 4. The van der Waals surface area contributed by atoms with Crippen molar-refractivity contribution in [3.63, 3.8) is 0 Å². The Morgan fingerprint density at radius 2 is 1.53 bits per heavy atom. The highest BCUT2D eigenvalue weighted by molar-refractivity contribution is 5.87. The zero-order chi connectivity index (χ0) is 41.2. The summed E-state index contributed by atoms with van der Waals surface area (Å²) in [4.78, 5) is 63.0. The van der Waals surface area contributed by atoms with Crippen LogP contribution in [0.15, 0.2) is 91.1 Å². The van der Waals surface area contributed by atoms with Crippen molar-refractivity contribution in [2.24, 2.45) is 0 Å². The molecule has 5 N–H and O–H groups in total. The molecule has 0 radical (unpaired) electrons. The Labute approximate surface area is 338 Å². The maximum atomic E-state index is 14.1. The van der Waals surface area contributed by atoms with Gasteiger partial charge >= 0.3 is 12.2 Å². The summed E-state index contributed by atoms with van der Waals surface area (Å²) < 4.78 is 4.12. The second kappa shape index (κ2) is 16.7. The standard InChI is InChI=1S/C44H53N7O7/c1-28(29-13-7-5-8-14-29)51(57,43(55)56)50-24-12-18-37(50)40(52)46-34-25-33(26-34)30-19-21-31(22-20-30)35-27-45-39(47-35)36-17-11-23-49(36)41(53)38(32-15-9-6-10-16-32)48-42(54)58-44(2,3)4/h5-10,13-16,19-22,27-28,33-34,36-38,57H,11-12,17-18,23-26H2,1-4H3,(H3-,45,46,47,48,52,54,55,56)/p+1. The number of quaternary nitrogens is 1. The van der Waals surface area contributed by atoms with Crippen molar-refractivity contribution < 1.29 is 39.0 Å². The van der Waals surface area contributed by atoms with E-state index in [1.165, 1.54) is 5.01 Å². The van der Waals surface area contributed by atoms with Crippen LogP contribution in [-0.2, 0) is 14.3 Å². The van der Waals surface area contributed by atoms with Crippen LogP contribution < -0.4 is 10.6 Å². The zero-order valence-corrected chi connectivity index (χ0v) is 33.5. The largest absolute Gasteiger partial charge is 0.568 e. The predicted molar refractivity (Wildman–Crippen MR) is 215 cm³/mol. The molecular formula is C44H54N7O7+. The Morgan fingerprint density at radius 3 is 2.17 bits per heavy atom. The highest BCUT2D eigenvalue weighted by atomic mass is 16.7. The number of aromatic amines is 1. The molecule has 4 aromatic rings. The molecule has 2 saturated heterocycles. The number of H-pyrrole nitrogens is 1. The maximum Gasteiger partial charge on any atom is 0.568 e. The first-order valence-corrected chi connectivity index (χ1v) is 20.2. The molecule has 7 rings (SSSR count). The van der Waals surface area contributed by atoms with E-state index in [-0.39, 0.29) is 36.4 Å². The third-order valence-corrected chi connectivity index (χ3v) is 11.7. The summed E-state index contributed by atoms with van der Waals surface area (Å²) >= 11 is 0. The number of nitrogens with zero attached hydrogens (tertiary/aromatic N) is 4. The minimum absolute atomic E-state index is 0.0512. The molecule has 1 aliphatic carbocycles. The van der Waals surface area contributed by atoms with Crippen LogP contribution in [0.3, 0.4) is 0 Å². The number of rotatable bonds is 11.